The van der Waals surface area contributed by atoms with Crippen molar-refractivity contribution in [1.29, 1.82) is 0 Å². The summed E-state index contributed by atoms with van der Waals surface area (Å²) in [6.45, 7) is 0.156. The van der Waals surface area contributed by atoms with E-state index >= 15 is 0 Å². The van der Waals surface area contributed by atoms with E-state index < -0.39 is 0 Å². The van der Waals surface area contributed by atoms with Crippen molar-refractivity contribution < 1.29 is 4.39 Å². The molecule has 4 heteroatoms. The predicted molar refractivity (Wildman–Crippen MR) is 79.8 cm³/mol. The van der Waals surface area contributed by atoms with Gasteiger partial charge in [0.15, 0.2) is 0 Å². The van der Waals surface area contributed by atoms with Crippen LogP contribution in [0, 0.1) is 17.7 Å². The highest BCUT2D eigenvalue weighted by Gasteiger charge is 2.00. The average molecular weight is 277 g/mol. The van der Waals surface area contributed by atoms with E-state index in [4.69, 9.17) is 5.73 Å². The van der Waals surface area contributed by atoms with Crippen LogP contribution in [0.5, 0.6) is 0 Å². The van der Waals surface area contributed by atoms with Crippen molar-refractivity contribution in [2.45, 2.75) is 6.54 Å². The van der Waals surface area contributed by atoms with Gasteiger partial charge in [0.05, 0.1) is 11.0 Å². The van der Waals surface area contributed by atoms with Crippen molar-refractivity contribution in [3.63, 3.8) is 0 Å². The van der Waals surface area contributed by atoms with Crippen molar-refractivity contribution in [2.75, 3.05) is 0 Å². The lowest BCUT2D eigenvalue weighted by Gasteiger charge is -1.99. The van der Waals surface area contributed by atoms with E-state index in [-0.39, 0.29) is 12.4 Å². The molecule has 3 nitrogen and oxygen atoms in total. The molecule has 0 aliphatic carbocycles. The number of rotatable bonds is 1. The fourth-order valence-electron chi connectivity index (χ4n) is 1.97. The summed E-state index contributed by atoms with van der Waals surface area (Å²) in [7, 11) is 0. The molecule has 0 saturated heterocycles. The summed E-state index contributed by atoms with van der Waals surface area (Å²) in [6.07, 6.45) is 3.42. The first kappa shape index (κ1) is 13.2. The SMILES string of the molecule is NCc1cc(C#Cc2cnc3cccnc3c2)ccc1F. The number of benzene rings is 1. The lowest BCUT2D eigenvalue weighted by molar-refractivity contribution is 0.610. The van der Waals surface area contributed by atoms with E-state index in [1.54, 1.807) is 24.5 Å². The van der Waals surface area contributed by atoms with Crippen molar-refractivity contribution in [3.05, 3.63) is 71.3 Å². The highest BCUT2D eigenvalue weighted by Crippen LogP contribution is 2.11. The maximum Gasteiger partial charge on any atom is 0.127 e. The summed E-state index contributed by atoms with van der Waals surface area (Å²) in [6, 6.07) is 10.3. The maximum absolute atomic E-state index is 13.4. The van der Waals surface area contributed by atoms with Crippen molar-refractivity contribution in [3.8, 4) is 11.8 Å². The fraction of sp³-hybridized carbons (Fsp3) is 0.0588. The lowest BCUT2D eigenvalue weighted by Crippen LogP contribution is -1.99. The molecule has 0 unspecified atom stereocenters. The van der Waals surface area contributed by atoms with E-state index in [0.717, 1.165) is 22.2 Å². The summed E-state index contributed by atoms with van der Waals surface area (Å²) in [4.78, 5) is 8.54. The van der Waals surface area contributed by atoms with Crippen LogP contribution in [0.3, 0.4) is 0 Å². The van der Waals surface area contributed by atoms with E-state index in [1.807, 2.05) is 18.2 Å². The van der Waals surface area contributed by atoms with Gasteiger partial charge in [0.1, 0.15) is 5.82 Å². The molecule has 0 radical (unpaired) electrons. The maximum atomic E-state index is 13.4. The molecule has 0 atom stereocenters. The smallest absolute Gasteiger partial charge is 0.127 e. The van der Waals surface area contributed by atoms with Gasteiger partial charge in [0.2, 0.25) is 0 Å². The zero-order valence-corrected chi connectivity index (χ0v) is 11.2. The van der Waals surface area contributed by atoms with E-state index in [0.29, 0.717) is 5.56 Å². The number of aromatic nitrogens is 2. The first-order valence-corrected chi connectivity index (χ1v) is 6.47. The largest absolute Gasteiger partial charge is 0.326 e. The molecule has 2 N–H and O–H groups in total. The second-order valence-corrected chi connectivity index (χ2v) is 4.53. The van der Waals surface area contributed by atoms with Crippen LogP contribution in [-0.2, 0) is 6.54 Å². The first-order valence-electron chi connectivity index (χ1n) is 6.47. The average Bonchev–Trinajstić information content (AvgIpc) is 2.54. The molecule has 1 aromatic carbocycles. The number of halogens is 1. The molecule has 0 fully saturated rings. The van der Waals surface area contributed by atoms with Gasteiger partial charge in [-0.1, -0.05) is 11.8 Å². The Balaban J connectivity index is 1.95. The molecule has 0 aliphatic rings. The number of hydrogen-bond acceptors (Lipinski definition) is 3. The van der Waals surface area contributed by atoms with Crippen LogP contribution in [0.15, 0.2) is 48.8 Å². The van der Waals surface area contributed by atoms with E-state index in [1.165, 1.54) is 6.07 Å². The third-order valence-electron chi connectivity index (χ3n) is 3.07. The van der Waals surface area contributed by atoms with Crippen molar-refractivity contribution in [2.24, 2.45) is 5.73 Å². The summed E-state index contributed by atoms with van der Waals surface area (Å²) >= 11 is 0. The molecule has 3 rings (SSSR count). The molecular weight excluding hydrogens is 265 g/mol. The van der Waals surface area contributed by atoms with Gasteiger partial charge in [-0.2, -0.15) is 0 Å². The summed E-state index contributed by atoms with van der Waals surface area (Å²) in [5.41, 5.74) is 9.05. The molecule has 0 spiro atoms. The normalized spacial score (nSPS) is 10.2. The van der Waals surface area contributed by atoms with Crippen LogP contribution in [-0.4, -0.2) is 9.97 Å². The highest BCUT2D eigenvalue weighted by molar-refractivity contribution is 5.75. The van der Waals surface area contributed by atoms with Gasteiger partial charge in [0, 0.05) is 35.6 Å². The molecule has 3 aromatic rings. The molecule has 0 saturated carbocycles. The van der Waals surface area contributed by atoms with Gasteiger partial charge in [-0.15, -0.1) is 0 Å². The highest BCUT2D eigenvalue weighted by atomic mass is 19.1. The Labute approximate surface area is 121 Å². The third kappa shape index (κ3) is 2.88. The van der Waals surface area contributed by atoms with Gasteiger partial charge < -0.3 is 5.73 Å². The molecule has 2 aromatic heterocycles. The summed E-state index contributed by atoms with van der Waals surface area (Å²) < 4.78 is 13.4. The van der Waals surface area contributed by atoms with Crippen LogP contribution in [0.2, 0.25) is 0 Å². The van der Waals surface area contributed by atoms with Crippen LogP contribution in [0.25, 0.3) is 11.0 Å². The van der Waals surface area contributed by atoms with Crippen LogP contribution in [0.1, 0.15) is 16.7 Å². The van der Waals surface area contributed by atoms with Crippen LogP contribution in [0.4, 0.5) is 4.39 Å². The van der Waals surface area contributed by atoms with Gasteiger partial charge in [0.25, 0.3) is 0 Å². The number of nitrogens with zero attached hydrogens (tertiary/aromatic N) is 2. The number of fused-ring (bicyclic) bond motifs is 1. The zero-order chi connectivity index (χ0) is 14.7. The van der Waals surface area contributed by atoms with Crippen molar-refractivity contribution >= 4 is 11.0 Å². The van der Waals surface area contributed by atoms with Gasteiger partial charge in [-0.3, -0.25) is 9.97 Å². The van der Waals surface area contributed by atoms with Gasteiger partial charge in [-0.05, 0) is 36.4 Å². The third-order valence-corrected chi connectivity index (χ3v) is 3.07. The molecule has 2 heterocycles. The monoisotopic (exact) mass is 277 g/mol. The molecule has 21 heavy (non-hydrogen) atoms. The Bertz CT molecular complexity index is 863. The summed E-state index contributed by atoms with van der Waals surface area (Å²) in [5.74, 6) is 5.69. The second-order valence-electron chi connectivity index (χ2n) is 4.53. The van der Waals surface area contributed by atoms with Gasteiger partial charge >= 0.3 is 0 Å². The number of pyridine rings is 2. The number of nitrogens with two attached hydrogens (primary N) is 1. The zero-order valence-electron chi connectivity index (χ0n) is 11.2. The quantitative estimate of drug-likeness (QED) is 0.696. The van der Waals surface area contributed by atoms with Gasteiger partial charge in [-0.25, -0.2) is 4.39 Å². The van der Waals surface area contributed by atoms with E-state index in [2.05, 4.69) is 21.8 Å². The summed E-state index contributed by atoms with van der Waals surface area (Å²) in [5, 5.41) is 0. The Morgan fingerprint density at radius 3 is 2.71 bits per heavy atom. The number of hydrogen-bond donors (Lipinski definition) is 1. The fourth-order valence-corrected chi connectivity index (χ4v) is 1.97. The molecular formula is C17H12FN3. The Hall–Kier alpha value is -2.77. The standard InChI is InChI=1S/C17H12FN3/c18-15-6-5-12(8-14(15)10-19)3-4-13-9-17-16(21-11-13)2-1-7-20-17/h1-2,5-9,11H,10,19H2. The Morgan fingerprint density at radius 2 is 1.86 bits per heavy atom. The van der Waals surface area contributed by atoms with Crippen LogP contribution >= 0.6 is 0 Å². The lowest BCUT2D eigenvalue weighted by atomic mass is 10.1. The Kier molecular flexibility index (Phi) is 3.59. The minimum absolute atomic E-state index is 0.156. The molecule has 0 bridgehead atoms. The van der Waals surface area contributed by atoms with Crippen molar-refractivity contribution in [1.82, 2.24) is 9.97 Å². The van der Waals surface area contributed by atoms with Crippen LogP contribution < -0.4 is 5.73 Å². The molecule has 0 aliphatic heterocycles. The molecule has 0 amide bonds. The minimum Gasteiger partial charge on any atom is -0.326 e. The topological polar surface area (TPSA) is 51.8 Å². The second kappa shape index (κ2) is 5.70. The Morgan fingerprint density at radius 1 is 1.00 bits per heavy atom. The minimum atomic E-state index is -0.306. The first-order chi connectivity index (χ1) is 10.3. The molecule has 102 valence electrons. The van der Waals surface area contributed by atoms with E-state index in [9.17, 15) is 4.39 Å². The predicted octanol–water partition coefficient (Wildman–Crippen LogP) is 2.63.